The van der Waals surface area contributed by atoms with Gasteiger partial charge in [0.1, 0.15) is 0 Å². The van der Waals surface area contributed by atoms with Gasteiger partial charge in [0.05, 0.1) is 0 Å². The topological polar surface area (TPSA) is 202 Å². The van der Waals surface area contributed by atoms with Gasteiger partial charge in [-0.05, 0) is 58.5 Å². The Bertz CT molecular complexity index is 2230. The molecule has 0 aliphatic heterocycles. The van der Waals surface area contributed by atoms with Gasteiger partial charge in [-0.3, -0.25) is 23.5 Å². The lowest BCUT2D eigenvalue weighted by Gasteiger charge is -2.18. The van der Waals surface area contributed by atoms with Crippen LogP contribution in [0.3, 0.4) is 0 Å². The first-order chi connectivity index (χ1) is 26.2. The normalized spacial score (nSPS) is 12.3. The predicted octanol–water partition coefficient (Wildman–Crippen LogP) is 7.37. The number of amides is 3. The van der Waals surface area contributed by atoms with Crippen molar-refractivity contribution in [3.05, 3.63) is 143 Å². The quantitative estimate of drug-likeness (QED) is 0.0416. The summed E-state index contributed by atoms with van der Waals surface area (Å²) >= 11 is 0. The molecule has 0 aromatic heterocycles. The largest absolute Gasteiger partial charge is 0.399 e. The highest BCUT2D eigenvalue weighted by Gasteiger charge is 2.51. The third-order valence-electron chi connectivity index (χ3n) is 8.70. The second-order valence-electron chi connectivity index (χ2n) is 12.8. The van der Waals surface area contributed by atoms with Crippen LogP contribution in [-0.4, -0.2) is 37.3 Å². The van der Waals surface area contributed by atoms with E-state index in [-0.39, 0.29) is 49.2 Å². The van der Waals surface area contributed by atoms with Crippen LogP contribution >= 0.6 is 15.2 Å². The van der Waals surface area contributed by atoms with E-state index in [0.29, 0.717) is 11.1 Å². The monoisotopic (exact) mass is 815 g/mol. The van der Waals surface area contributed by atoms with Crippen LogP contribution in [0.15, 0.2) is 109 Å². The molecular weight excluding hydrogens is 780 g/mol. The minimum Gasteiger partial charge on any atom is -0.348 e. The van der Waals surface area contributed by atoms with Crippen LogP contribution in [0.4, 0.5) is 28.9 Å². The molecule has 0 fully saturated rings. The predicted molar refractivity (Wildman–Crippen MR) is 200 cm³/mol. The number of anilines is 2. The molecule has 0 radical (unpaired) electrons. The lowest BCUT2D eigenvalue weighted by molar-refractivity contribution is -0.116. The lowest BCUT2D eigenvalue weighted by Crippen LogP contribution is -2.24. The molecule has 7 N–H and O–H groups in total. The molecule has 0 saturated heterocycles. The minimum atomic E-state index is -5.76. The van der Waals surface area contributed by atoms with E-state index in [1.54, 1.807) is 0 Å². The molecule has 0 spiro atoms. The van der Waals surface area contributed by atoms with Crippen LogP contribution in [0.25, 0.3) is 10.8 Å². The van der Waals surface area contributed by atoms with Gasteiger partial charge in [0.15, 0.2) is 0 Å². The van der Waals surface area contributed by atoms with E-state index in [1.165, 1.54) is 42.5 Å². The summed E-state index contributed by atoms with van der Waals surface area (Å²) < 4.78 is 78.5. The Morgan fingerprint density at radius 2 is 1.04 bits per heavy atom. The number of halogens is 4. The molecule has 0 saturated carbocycles. The van der Waals surface area contributed by atoms with E-state index in [9.17, 15) is 41.1 Å². The highest BCUT2D eigenvalue weighted by atomic mass is 31.2. The van der Waals surface area contributed by atoms with Gasteiger partial charge < -0.3 is 35.5 Å². The zero-order valence-corrected chi connectivity index (χ0v) is 31.0. The molecule has 5 aromatic rings. The highest BCUT2D eigenvalue weighted by Crippen LogP contribution is 2.60. The highest BCUT2D eigenvalue weighted by molar-refractivity contribution is 7.52. The summed E-state index contributed by atoms with van der Waals surface area (Å²) in [6.07, 6.45) is -0.209. The van der Waals surface area contributed by atoms with E-state index in [0.717, 1.165) is 40.6 Å². The Balaban J connectivity index is 1.28. The van der Waals surface area contributed by atoms with Crippen LogP contribution in [-0.2, 0) is 49.4 Å². The van der Waals surface area contributed by atoms with Gasteiger partial charge >= 0.3 is 26.5 Å². The molecule has 56 heavy (non-hydrogen) atoms. The number of fused-ring (bicyclic) bond motifs is 1. The molecule has 5 rings (SSSR count). The maximum Gasteiger partial charge on any atom is 0.399 e. The van der Waals surface area contributed by atoms with Crippen LogP contribution < -0.4 is 16.0 Å². The number of benzene rings is 5. The van der Waals surface area contributed by atoms with Crippen molar-refractivity contribution in [1.29, 1.82) is 0 Å². The molecule has 0 bridgehead atoms. The Kier molecular flexibility index (Phi) is 12.6. The van der Waals surface area contributed by atoms with Crippen LogP contribution in [0.5, 0.6) is 0 Å². The number of nitrogens with one attached hydrogen (secondary N) is 3. The molecule has 3 amide bonds. The number of carbonyl (C=O) groups is 3. The first-order valence-corrected chi connectivity index (χ1v) is 20.0. The molecule has 0 heterocycles. The van der Waals surface area contributed by atoms with Gasteiger partial charge in [-0.25, -0.2) is 0 Å². The summed E-state index contributed by atoms with van der Waals surface area (Å²) in [5, 5.41) is 10.0. The molecule has 12 nitrogen and oxygen atoms in total. The van der Waals surface area contributed by atoms with E-state index < -0.39 is 55.4 Å². The minimum absolute atomic E-state index is 0.0559. The molecular formula is C38H35F4N3O9P2. The van der Waals surface area contributed by atoms with Crippen LogP contribution in [0, 0.1) is 0 Å². The summed E-state index contributed by atoms with van der Waals surface area (Å²) in [5.41, 5.74) is -8.53. The van der Waals surface area contributed by atoms with Crippen molar-refractivity contribution in [3.8, 4) is 0 Å². The van der Waals surface area contributed by atoms with Crippen molar-refractivity contribution in [2.75, 3.05) is 10.6 Å². The zero-order chi connectivity index (χ0) is 40.9. The van der Waals surface area contributed by atoms with Crippen molar-refractivity contribution in [2.45, 2.75) is 43.6 Å². The van der Waals surface area contributed by atoms with E-state index in [1.807, 2.05) is 42.5 Å². The third-order valence-corrected chi connectivity index (χ3v) is 10.7. The summed E-state index contributed by atoms with van der Waals surface area (Å²) in [6.45, 7) is 0.149. The summed E-state index contributed by atoms with van der Waals surface area (Å²) in [5.74, 6) is -1.63. The van der Waals surface area contributed by atoms with E-state index >= 15 is 0 Å². The van der Waals surface area contributed by atoms with Crippen molar-refractivity contribution in [2.24, 2.45) is 0 Å². The maximum absolute atomic E-state index is 14.0. The van der Waals surface area contributed by atoms with E-state index in [2.05, 4.69) is 16.0 Å². The maximum atomic E-state index is 14.0. The zero-order valence-electron chi connectivity index (χ0n) is 29.2. The SMILES string of the molecule is O=C(CCc1ccc(C(F)(F)P(=O)(O)O)cc1)Nc1cc(NC(=O)CCc2ccc(C(F)(F)P(=O)(O)O)cc2)cc(C(=O)NCc2cccc3ccccc23)c1. The van der Waals surface area contributed by atoms with Gasteiger partial charge in [0.2, 0.25) is 11.8 Å². The van der Waals surface area contributed by atoms with Crippen LogP contribution in [0.2, 0.25) is 0 Å². The Hall–Kier alpha value is -5.21. The first kappa shape index (κ1) is 41.9. The number of rotatable bonds is 15. The standard InChI is InChI=1S/C38H35F4N3O9P2/c39-37(40,55(49,50)51)29-14-8-24(9-15-29)12-18-34(46)44-31-20-28(36(48)43-23-27-6-3-5-26-4-1-2-7-33(26)27)21-32(22-31)45-35(47)19-13-25-10-16-30(17-11-25)38(41,42)56(52,53)54/h1-11,14-17,20-22H,12-13,18-19,23H2,(H,43,48)(H,44,46)(H,45,47)(H2,49,50,51)(H2,52,53,54). The fourth-order valence-electron chi connectivity index (χ4n) is 5.67. The van der Waals surface area contributed by atoms with Crippen molar-refractivity contribution in [3.63, 3.8) is 0 Å². The average molecular weight is 816 g/mol. The van der Waals surface area contributed by atoms with Gasteiger partial charge in [0, 0.05) is 47.5 Å². The Morgan fingerprint density at radius 1 is 0.589 bits per heavy atom. The van der Waals surface area contributed by atoms with Crippen molar-refractivity contribution < 1.29 is 60.6 Å². The lowest BCUT2D eigenvalue weighted by atomic mass is 10.0. The smallest absolute Gasteiger partial charge is 0.348 e. The molecule has 18 heteroatoms. The summed E-state index contributed by atoms with van der Waals surface area (Å²) in [7, 11) is -11.5. The summed E-state index contributed by atoms with van der Waals surface area (Å²) in [6, 6.07) is 25.7. The number of hydrogen-bond acceptors (Lipinski definition) is 5. The third kappa shape index (κ3) is 10.1. The van der Waals surface area contributed by atoms with Crippen LogP contribution in [0.1, 0.15) is 51.0 Å². The fraction of sp³-hybridized carbons (Fsp3) is 0.184. The first-order valence-electron chi connectivity index (χ1n) is 16.8. The number of hydrogen-bond donors (Lipinski definition) is 7. The molecule has 294 valence electrons. The van der Waals surface area contributed by atoms with Crippen molar-refractivity contribution >= 4 is 55.1 Å². The molecule has 5 aromatic carbocycles. The molecule has 0 aliphatic carbocycles. The molecule has 0 aliphatic rings. The second-order valence-corrected chi connectivity index (χ2v) is 16.1. The number of alkyl halides is 4. The van der Waals surface area contributed by atoms with E-state index in [4.69, 9.17) is 19.6 Å². The van der Waals surface area contributed by atoms with Gasteiger partial charge in [-0.15, -0.1) is 0 Å². The van der Waals surface area contributed by atoms with Crippen molar-refractivity contribution in [1.82, 2.24) is 5.32 Å². The fourth-order valence-corrected chi connectivity index (χ4v) is 6.64. The van der Waals surface area contributed by atoms with Gasteiger partial charge in [-0.2, -0.15) is 17.6 Å². The van der Waals surface area contributed by atoms with Gasteiger partial charge in [-0.1, -0.05) is 91.0 Å². The number of carbonyl (C=O) groups excluding carboxylic acids is 3. The number of aryl methyl sites for hydroxylation is 2. The average Bonchev–Trinajstić information content (AvgIpc) is 3.14. The molecule has 0 atom stereocenters. The Morgan fingerprint density at radius 3 is 1.50 bits per heavy atom. The van der Waals surface area contributed by atoms with Gasteiger partial charge in [0.25, 0.3) is 5.91 Å². The second kappa shape index (κ2) is 16.9. The Labute approximate surface area is 317 Å². The molecule has 0 unspecified atom stereocenters. The summed E-state index contributed by atoms with van der Waals surface area (Å²) in [4.78, 5) is 75.3.